The van der Waals surface area contributed by atoms with Gasteiger partial charge in [-0.3, -0.25) is 9.59 Å². The number of aliphatic carboxylic acids is 1. The van der Waals surface area contributed by atoms with Crippen LogP contribution in [-0.4, -0.2) is 17.0 Å². The Kier molecular flexibility index (Phi) is 11.4. The van der Waals surface area contributed by atoms with Gasteiger partial charge in [-0.2, -0.15) is 0 Å². The summed E-state index contributed by atoms with van der Waals surface area (Å²) in [7, 11) is 0. The van der Waals surface area contributed by atoms with E-state index >= 15 is 0 Å². The van der Waals surface area contributed by atoms with Crippen molar-refractivity contribution >= 4 is 11.9 Å². The second-order valence-electron chi connectivity index (χ2n) is 6.63. The summed E-state index contributed by atoms with van der Waals surface area (Å²) >= 11 is 0. The molecule has 1 aromatic rings. The third-order valence-corrected chi connectivity index (χ3v) is 4.41. The number of esters is 1. The first kappa shape index (κ1) is 21.2. The highest BCUT2D eigenvalue weighted by Gasteiger charge is 2.20. The smallest absolute Gasteiger partial charge is 0.309 e. The molecule has 0 bridgehead atoms. The SMILES string of the molecule is CCCCCCCCC(CCCC(=O)O)C(=O)OCc1ccccc1. The number of hydrogen-bond donors (Lipinski definition) is 1. The van der Waals surface area contributed by atoms with E-state index in [0.29, 0.717) is 12.8 Å². The fraction of sp³-hybridized carbons (Fsp3) is 0.619. The first-order valence-corrected chi connectivity index (χ1v) is 9.55. The van der Waals surface area contributed by atoms with E-state index in [1.807, 2.05) is 30.3 Å². The van der Waals surface area contributed by atoms with Crippen molar-refractivity contribution in [1.29, 1.82) is 0 Å². The molecule has 4 heteroatoms. The van der Waals surface area contributed by atoms with Gasteiger partial charge in [0.25, 0.3) is 0 Å². The van der Waals surface area contributed by atoms with Crippen molar-refractivity contribution < 1.29 is 19.4 Å². The minimum absolute atomic E-state index is 0.110. The molecule has 0 aromatic heterocycles. The zero-order chi connectivity index (χ0) is 18.3. The average Bonchev–Trinajstić information content (AvgIpc) is 2.61. The molecule has 1 unspecified atom stereocenters. The zero-order valence-corrected chi connectivity index (χ0v) is 15.4. The van der Waals surface area contributed by atoms with Crippen molar-refractivity contribution in [2.75, 3.05) is 0 Å². The Balaban J connectivity index is 2.39. The van der Waals surface area contributed by atoms with Gasteiger partial charge in [0.2, 0.25) is 0 Å². The Hall–Kier alpha value is -1.84. The van der Waals surface area contributed by atoms with Crippen LogP contribution in [0.1, 0.15) is 76.7 Å². The van der Waals surface area contributed by atoms with Crippen LogP contribution >= 0.6 is 0 Å². The Morgan fingerprint density at radius 2 is 1.60 bits per heavy atom. The van der Waals surface area contributed by atoms with E-state index in [2.05, 4.69) is 6.92 Å². The molecule has 0 aliphatic carbocycles. The van der Waals surface area contributed by atoms with Gasteiger partial charge in [-0.1, -0.05) is 75.8 Å². The topological polar surface area (TPSA) is 63.6 Å². The number of benzene rings is 1. The Morgan fingerprint density at radius 3 is 2.28 bits per heavy atom. The molecule has 0 radical (unpaired) electrons. The molecule has 0 fully saturated rings. The molecule has 0 heterocycles. The molecule has 0 amide bonds. The lowest BCUT2D eigenvalue weighted by molar-refractivity contribution is -0.151. The van der Waals surface area contributed by atoms with Crippen molar-refractivity contribution in [1.82, 2.24) is 0 Å². The lowest BCUT2D eigenvalue weighted by Crippen LogP contribution is -2.18. The Labute approximate surface area is 151 Å². The van der Waals surface area contributed by atoms with Gasteiger partial charge in [0, 0.05) is 6.42 Å². The highest BCUT2D eigenvalue weighted by Crippen LogP contribution is 2.20. The molecule has 0 spiro atoms. The zero-order valence-electron chi connectivity index (χ0n) is 15.4. The Bertz CT molecular complexity index is 484. The maximum atomic E-state index is 12.4. The van der Waals surface area contributed by atoms with Crippen LogP contribution in [-0.2, 0) is 20.9 Å². The summed E-state index contributed by atoms with van der Waals surface area (Å²) in [5.74, 6) is -1.19. The molecular formula is C21H32O4. The van der Waals surface area contributed by atoms with Crippen LogP contribution in [0.25, 0.3) is 0 Å². The molecule has 1 rings (SSSR count). The average molecular weight is 348 g/mol. The molecule has 0 aliphatic rings. The van der Waals surface area contributed by atoms with E-state index in [4.69, 9.17) is 9.84 Å². The predicted molar refractivity (Wildman–Crippen MR) is 99.2 cm³/mol. The summed E-state index contributed by atoms with van der Waals surface area (Å²) < 4.78 is 5.46. The third kappa shape index (κ3) is 10.6. The minimum atomic E-state index is -0.809. The van der Waals surface area contributed by atoms with Crippen LogP contribution in [0.4, 0.5) is 0 Å². The minimum Gasteiger partial charge on any atom is -0.481 e. The molecule has 1 N–H and O–H groups in total. The van der Waals surface area contributed by atoms with Gasteiger partial charge in [-0.05, 0) is 24.8 Å². The summed E-state index contributed by atoms with van der Waals surface area (Å²) in [5.41, 5.74) is 0.972. The molecule has 0 saturated heterocycles. The van der Waals surface area contributed by atoms with Crippen molar-refractivity contribution in [3.63, 3.8) is 0 Å². The molecule has 0 saturated carbocycles. The Morgan fingerprint density at radius 1 is 0.960 bits per heavy atom. The maximum absolute atomic E-state index is 12.4. The molecule has 1 atom stereocenters. The summed E-state index contributed by atoms with van der Waals surface area (Å²) in [6.07, 6.45) is 9.09. The van der Waals surface area contributed by atoms with Gasteiger partial charge in [-0.25, -0.2) is 0 Å². The summed E-state index contributed by atoms with van der Waals surface area (Å²) in [6, 6.07) is 9.63. The van der Waals surface area contributed by atoms with Crippen LogP contribution in [0, 0.1) is 5.92 Å². The molecule has 1 aromatic carbocycles. The first-order valence-electron chi connectivity index (χ1n) is 9.55. The second kappa shape index (κ2) is 13.5. The van der Waals surface area contributed by atoms with Crippen molar-refractivity contribution in [2.24, 2.45) is 5.92 Å². The second-order valence-corrected chi connectivity index (χ2v) is 6.63. The third-order valence-electron chi connectivity index (χ3n) is 4.41. The summed E-state index contributed by atoms with van der Waals surface area (Å²) in [5, 5.41) is 8.80. The summed E-state index contributed by atoms with van der Waals surface area (Å²) in [4.78, 5) is 23.1. The van der Waals surface area contributed by atoms with E-state index < -0.39 is 5.97 Å². The monoisotopic (exact) mass is 348 g/mol. The van der Waals surface area contributed by atoms with E-state index in [1.54, 1.807) is 0 Å². The van der Waals surface area contributed by atoms with Crippen molar-refractivity contribution in [3.8, 4) is 0 Å². The summed E-state index contributed by atoms with van der Waals surface area (Å²) in [6.45, 7) is 2.48. The standard InChI is InChI=1S/C21H32O4/c1-2-3-4-5-6-10-14-19(15-11-16-20(22)23)21(24)25-17-18-12-8-7-9-13-18/h7-9,12-13,19H,2-6,10-11,14-17H2,1H3,(H,22,23). The normalized spacial score (nSPS) is 11.9. The maximum Gasteiger partial charge on any atom is 0.309 e. The fourth-order valence-electron chi connectivity index (χ4n) is 2.90. The number of carbonyl (C=O) groups is 2. The van der Waals surface area contributed by atoms with Gasteiger partial charge in [-0.15, -0.1) is 0 Å². The lowest BCUT2D eigenvalue weighted by Gasteiger charge is -2.16. The molecule has 0 aliphatic heterocycles. The molecule has 4 nitrogen and oxygen atoms in total. The van der Waals surface area contributed by atoms with Gasteiger partial charge < -0.3 is 9.84 Å². The van der Waals surface area contributed by atoms with Gasteiger partial charge >= 0.3 is 11.9 Å². The number of carbonyl (C=O) groups excluding carboxylic acids is 1. The number of carboxylic acids is 1. The molecular weight excluding hydrogens is 316 g/mol. The van der Waals surface area contributed by atoms with Crippen molar-refractivity contribution in [2.45, 2.75) is 77.7 Å². The van der Waals surface area contributed by atoms with E-state index in [0.717, 1.165) is 24.8 Å². The number of rotatable bonds is 14. The van der Waals surface area contributed by atoms with Gasteiger partial charge in [0.05, 0.1) is 5.92 Å². The highest BCUT2D eigenvalue weighted by atomic mass is 16.5. The molecule has 140 valence electrons. The predicted octanol–water partition coefficient (Wildman–Crippen LogP) is 5.35. The van der Waals surface area contributed by atoms with E-state index in [-0.39, 0.29) is 24.9 Å². The number of carboxylic acid groups (broad SMARTS) is 1. The first-order chi connectivity index (χ1) is 12.1. The fourth-order valence-corrected chi connectivity index (χ4v) is 2.90. The largest absolute Gasteiger partial charge is 0.481 e. The van der Waals surface area contributed by atoms with E-state index in [1.165, 1.54) is 25.7 Å². The van der Waals surface area contributed by atoms with Crippen molar-refractivity contribution in [3.05, 3.63) is 35.9 Å². The quantitative estimate of drug-likeness (QED) is 0.363. The number of hydrogen-bond acceptors (Lipinski definition) is 3. The molecule has 25 heavy (non-hydrogen) atoms. The van der Waals surface area contributed by atoms with Crippen LogP contribution < -0.4 is 0 Å². The highest BCUT2D eigenvalue weighted by molar-refractivity contribution is 5.72. The lowest BCUT2D eigenvalue weighted by atomic mass is 9.95. The van der Waals surface area contributed by atoms with Crippen LogP contribution in [0.2, 0.25) is 0 Å². The van der Waals surface area contributed by atoms with Gasteiger partial charge in [0.15, 0.2) is 0 Å². The van der Waals surface area contributed by atoms with E-state index in [9.17, 15) is 9.59 Å². The number of ether oxygens (including phenoxy) is 1. The van der Waals surface area contributed by atoms with Gasteiger partial charge in [0.1, 0.15) is 6.61 Å². The van der Waals surface area contributed by atoms with Crippen LogP contribution in [0.5, 0.6) is 0 Å². The van der Waals surface area contributed by atoms with Crippen LogP contribution in [0.3, 0.4) is 0 Å². The number of unbranched alkanes of at least 4 members (excludes halogenated alkanes) is 5. The van der Waals surface area contributed by atoms with Crippen LogP contribution in [0.15, 0.2) is 30.3 Å².